The number of thiazole rings is 2. The normalized spacial score (nSPS) is 22.4. The van der Waals surface area contributed by atoms with Crippen molar-refractivity contribution in [3.63, 3.8) is 0 Å². The summed E-state index contributed by atoms with van der Waals surface area (Å²) in [6.07, 6.45) is 8.56. The fourth-order valence-corrected chi connectivity index (χ4v) is 12.5. The van der Waals surface area contributed by atoms with E-state index < -0.39 is 34.9 Å². The summed E-state index contributed by atoms with van der Waals surface area (Å²) in [4.78, 5) is 65.0. The van der Waals surface area contributed by atoms with E-state index in [-0.39, 0.29) is 27.5 Å². The Bertz CT molecular complexity index is 2500. The Balaban J connectivity index is 1.14. The molecule has 10 rings (SSSR count). The van der Waals surface area contributed by atoms with Crippen molar-refractivity contribution in [2.24, 2.45) is 0 Å². The van der Waals surface area contributed by atoms with Crippen molar-refractivity contribution in [3.8, 4) is 0 Å². The summed E-state index contributed by atoms with van der Waals surface area (Å²) in [5.74, 6) is -2.63. The zero-order valence-electron chi connectivity index (χ0n) is 28.7. The van der Waals surface area contributed by atoms with Gasteiger partial charge in [0.1, 0.15) is 10.0 Å². The van der Waals surface area contributed by atoms with Gasteiger partial charge >= 0.3 is 6.18 Å². The Morgan fingerprint density at radius 2 is 1.06 bits per heavy atom. The van der Waals surface area contributed by atoms with Gasteiger partial charge in [0.2, 0.25) is 23.1 Å². The second kappa shape index (κ2) is 11.2. The van der Waals surface area contributed by atoms with Crippen molar-refractivity contribution < 1.29 is 32.3 Å². The lowest BCUT2D eigenvalue weighted by Crippen LogP contribution is -2.29. The number of benzene rings is 2. The second-order valence-electron chi connectivity index (χ2n) is 15.2. The van der Waals surface area contributed by atoms with Gasteiger partial charge in [-0.1, -0.05) is 62.3 Å². The molecule has 2 spiro atoms. The van der Waals surface area contributed by atoms with Crippen LogP contribution in [0.5, 0.6) is 0 Å². The van der Waals surface area contributed by atoms with Crippen molar-refractivity contribution in [2.45, 2.75) is 88.1 Å². The molecule has 0 unspecified atom stereocenters. The molecule has 2 fully saturated rings. The maximum Gasteiger partial charge on any atom is 0.416 e. The van der Waals surface area contributed by atoms with Gasteiger partial charge in [0, 0.05) is 33.1 Å². The number of allylic oxidation sites excluding steroid dienone is 4. The summed E-state index contributed by atoms with van der Waals surface area (Å²) >= 11 is 3.04. The molecular weight excluding hydrogens is 718 g/mol. The number of nitrogens with zero attached hydrogens (tertiary/aromatic N) is 2. The van der Waals surface area contributed by atoms with E-state index in [4.69, 9.17) is 9.97 Å². The lowest BCUT2D eigenvalue weighted by atomic mass is 9.68. The predicted octanol–water partition coefficient (Wildman–Crippen LogP) is 9.88. The van der Waals surface area contributed by atoms with Crippen LogP contribution in [0.3, 0.4) is 0 Å². The molecule has 11 heteroatoms. The summed E-state index contributed by atoms with van der Waals surface area (Å²) in [5, 5.41) is 1.21. The molecule has 6 aliphatic carbocycles. The molecule has 53 heavy (non-hydrogen) atoms. The largest absolute Gasteiger partial charge is 0.416 e. The average Bonchev–Trinajstić information content (AvgIpc) is 3.95. The molecule has 0 radical (unpaired) electrons. The molecule has 0 atom stereocenters. The van der Waals surface area contributed by atoms with Gasteiger partial charge in [-0.05, 0) is 85.2 Å². The highest BCUT2D eigenvalue weighted by Gasteiger charge is 2.60. The first-order valence-electron chi connectivity index (χ1n) is 18.1. The third kappa shape index (κ3) is 4.49. The first kappa shape index (κ1) is 33.0. The summed E-state index contributed by atoms with van der Waals surface area (Å²) in [6, 6.07) is 8.29. The molecule has 0 bridgehead atoms. The molecule has 2 aromatic heterocycles. The first-order valence-corrected chi connectivity index (χ1v) is 19.8. The summed E-state index contributed by atoms with van der Waals surface area (Å²) in [6.45, 7) is 1.94. The number of hydrogen-bond acceptors (Lipinski definition) is 8. The van der Waals surface area contributed by atoms with Crippen LogP contribution in [-0.4, -0.2) is 33.1 Å². The lowest BCUT2D eigenvalue weighted by molar-refractivity contribution is -0.137. The maximum atomic E-state index is 13.7. The van der Waals surface area contributed by atoms with Crippen LogP contribution in [-0.2, 0) is 26.6 Å². The Morgan fingerprint density at radius 3 is 1.53 bits per heavy atom. The number of alkyl halides is 3. The topological polar surface area (TPSA) is 94.1 Å². The number of halogens is 3. The minimum absolute atomic E-state index is 0.00431. The average molecular weight is 749 g/mol. The Kier molecular flexibility index (Phi) is 6.98. The van der Waals surface area contributed by atoms with Gasteiger partial charge in [-0.2, -0.15) is 13.2 Å². The number of ketones is 4. The second-order valence-corrected chi connectivity index (χ2v) is 17.3. The number of aryl methyl sites for hydroxylation is 1. The fraction of sp³-hybridized carbons (Fsp3) is 0.333. The van der Waals surface area contributed by atoms with E-state index in [9.17, 15) is 32.3 Å². The highest BCUT2D eigenvalue weighted by Crippen LogP contribution is 2.70. The number of aromatic nitrogens is 2. The molecule has 0 aliphatic heterocycles. The van der Waals surface area contributed by atoms with E-state index in [1.807, 2.05) is 19.1 Å². The van der Waals surface area contributed by atoms with Crippen LogP contribution < -0.4 is 0 Å². The molecular formula is C42H31F3N2O4S2. The van der Waals surface area contributed by atoms with Crippen molar-refractivity contribution in [3.05, 3.63) is 101 Å². The number of fused-ring (bicyclic) bond motifs is 10. The highest BCUT2D eigenvalue weighted by molar-refractivity contribution is 7.15. The Morgan fingerprint density at radius 1 is 0.604 bits per heavy atom. The van der Waals surface area contributed by atoms with E-state index >= 15 is 0 Å². The SMILES string of the molecule is Cc1ccc2c(c1)/C(=C/c1nc3c(s1)C1=C(c4sc(/C=C5\C(=O)C(=O)c6ccc(C(F)(F)F)cc65)nc4C14CCCCC4)C31CCCCC1)C(=O)C2=O. The standard InChI is InChI=1S/C42H31F3N2O4S2/c1-20-8-10-22-24(16-20)26(34(50)32(22)48)18-28-46-38-36(52-28)30-31(40(38)12-4-2-5-13-40)37-39(41(30)14-6-3-7-15-41)47-29(53-37)19-27-25-17-21(42(43,44)45)9-11-23(25)33(49)35(27)51/h8-11,16-19H,2-7,12-15H2,1H3/b26-18-,27-19-. The third-order valence-electron chi connectivity index (χ3n) is 12.3. The van der Waals surface area contributed by atoms with Gasteiger partial charge in [-0.3, -0.25) is 19.2 Å². The van der Waals surface area contributed by atoms with Crippen LogP contribution >= 0.6 is 22.7 Å². The lowest BCUT2D eigenvalue weighted by Gasteiger charge is -2.35. The van der Waals surface area contributed by atoms with Crippen LogP contribution in [0, 0.1) is 6.92 Å². The number of carbonyl (C=O) groups is 4. The number of Topliss-reactive ketones (excluding diaryl/α,β-unsaturated/α-hetero) is 4. The molecule has 0 saturated heterocycles. The Labute approximate surface area is 310 Å². The summed E-state index contributed by atoms with van der Waals surface area (Å²) in [5.41, 5.74) is 5.23. The summed E-state index contributed by atoms with van der Waals surface area (Å²) in [7, 11) is 0. The van der Waals surface area contributed by atoms with Gasteiger partial charge in [0.25, 0.3) is 0 Å². The van der Waals surface area contributed by atoms with Gasteiger partial charge < -0.3 is 0 Å². The quantitative estimate of drug-likeness (QED) is 0.150. The Hall–Kier alpha value is -4.61. The molecule has 6 nitrogen and oxygen atoms in total. The zero-order chi connectivity index (χ0) is 36.6. The third-order valence-corrected chi connectivity index (χ3v) is 14.3. The minimum atomic E-state index is -4.62. The predicted molar refractivity (Wildman–Crippen MR) is 198 cm³/mol. The molecule has 266 valence electrons. The molecule has 0 N–H and O–H groups in total. The molecule has 2 saturated carbocycles. The van der Waals surface area contributed by atoms with E-state index in [1.54, 1.807) is 23.5 Å². The highest BCUT2D eigenvalue weighted by atomic mass is 32.1. The summed E-state index contributed by atoms with van der Waals surface area (Å²) < 4.78 is 41.1. The molecule has 4 aromatic rings. The van der Waals surface area contributed by atoms with Crippen molar-refractivity contribution >= 4 is 80.3 Å². The van der Waals surface area contributed by atoms with Crippen molar-refractivity contribution in [2.75, 3.05) is 0 Å². The van der Waals surface area contributed by atoms with Crippen LogP contribution in [0.1, 0.15) is 138 Å². The van der Waals surface area contributed by atoms with Crippen LogP contribution in [0.15, 0.2) is 36.4 Å². The molecule has 0 amide bonds. The van der Waals surface area contributed by atoms with Crippen LogP contribution in [0.25, 0.3) is 34.4 Å². The van der Waals surface area contributed by atoms with Crippen LogP contribution in [0.4, 0.5) is 13.2 Å². The van der Waals surface area contributed by atoms with E-state index in [0.29, 0.717) is 26.7 Å². The van der Waals surface area contributed by atoms with E-state index in [0.717, 1.165) is 109 Å². The van der Waals surface area contributed by atoms with Crippen LogP contribution in [0.2, 0.25) is 0 Å². The van der Waals surface area contributed by atoms with E-state index in [1.165, 1.54) is 28.6 Å². The molecule has 2 heterocycles. The number of carbonyl (C=O) groups excluding carboxylic acids is 4. The zero-order valence-corrected chi connectivity index (χ0v) is 30.3. The fourth-order valence-electron chi connectivity index (χ4n) is 9.93. The van der Waals surface area contributed by atoms with Crippen molar-refractivity contribution in [1.29, 1.82) is 0 Å². The maximum absolute atomic E-state index is 13.7. The van der Waals surface area contributed by atoms with Crippen molar-refractivity contribution in [1.82, 2.24) is 9.97 Å². The number of rotatable bonds is 2. The van der Waals surface area contributed by atoms with E-state index in [2.05, 4.69) is 0 Å². The smallest absolute Gasteiger partial charge is 0.285 e. The van der Waals surface area contributed by atoms with Gasteiger partial charge in [-0.25, -0.2) is 9.97 Å². The molecule has 2 aromatic carbocycles. The van der Waals surface area contributed by atoms with Gasteiger partial charge in [0.05, 0.1) is 26.7 Å². The molecule has 6 aliphatic rings. The first-order chi connectivity index (χ1) is 25.4. The van der Waals surface area contributed by atoms with Gasteiger partial charge in [-0.15, -0.1) is 22.7 Å². The monoisotopic (exact) mass is 748 g/mol. The van der Waals surface area contributed by atoms with Gasteiger partial charge in [0.15, 0.2) is 0 Å². The minimum Gasteiger partial charge on any atom is -0.285 e. The number of hydrogen-bond donors (Lipinski definition) is 0.